The number of aromatic amines is 1. The molecule has 0 saturated carbocycles. The molecule has 0 bridgehead atoms. The van der Waals surface area contributed by atoms with E-state index in [0.717, 1.165) is 5.56 Å². The van der Waals surface area contributed by atoms with Crippen molar-refractivity contribution in [2.24, 2.45) is 0 Å². The molecule has 0 atom stereocenters. The van der Waals surface area contributed by atoms with Crippen molar-refractivity contribution < 1.29 is 4.74 Å². The Balaban J connectivity index is 2.58. The lowest BCUT2D eigenvalue weighted by Crippen LogP contribution is -1.94. The zero-order valence-electron chi connectivity index (χ0n) is 11.2. The second kappa shape index (κ2) is 5.02. The largest absolute Gasteiger partial charge is 0.496 e. The van der Waals surface area contributed by atoms with Crippen LogP contribution in [0.1, 0.15) is 31.0 Å². The van der Waals surface area contributed by atoms with Gasteiger partial charge < -0.3 is 15.5 Å². The number of aromatic nitrogens is 2. The van der Waals surface area contributed by atoms with Gasteiger partial charge in [-0.05, 0) is 23.6 Å². The number of nitrogens with one attached hydrogen (secondary N) is 1. The Kier molecular flexibility index (Phi) is 3.43. The predicted molar refractivity (Wildman–Crippen MR) is 73.8 cm³/mol. The van der Waals surface area contributed by atoms with Crippen LogP contribution in [0.2, 0.25) is 0 Å². The van der Waals surface area contributed by atoms with E-state index in [-0.39, 0.29) is 11.5 Å². The maximum absolute atomic E-state index is 8.92. The summed E-state index contributed by atoms with van der Waals surface area (Å²) < 4.78 is 5.33. The third kappa shape index (κ3) is 2.38. The van der Waals surface area contributed by atoms with E-state index in [1.807, 2.05) is 24.3 Å². The van der Waals surface area contributed by atoms with Gasteiger partial charge in [0.1, 0.15) is 17.6 Å². The fourth-order valence-corrected chi connectivity index (χ4v) is 1.87. The normalized spacial score (nSPS) is 10.5. The van der Waals surface area contributed by atoms with Crippen LogP contribution in [0.25, 0.3) is 11.4 Å². The molecule has 1 heterocycles. The molecule has 0 aliphatic carbocycles. The van der Waals surface area contributed by atoms with E-state index in [4.69, 9.17) is 15.7 Å². The first-order chi connectivity index (χ1) is 9.06. The van der Waals surface area contributed by atoms with Gasteiger partial charge in [-0.3, -0.25) is 0 Å². The number of rotatable bonds is 3. The molecule has 2 rings (SSSR count). The summed E-state index contributed by atoms with van der Waals surface area (Å²) in [5.74, 6) is 1.85. The summed E-state index contributed by atoms with van der Waals surface area (Å²) in [6, 6.07) is 7.90. The molecule has 5 nitrogen and oxygen atoms in total. The van der Waals surface area contributed by atoms with E-state index in [0.29, 0.717) is 17.5 Å². The zero-order valence-corrected chi connectivity index (χ0v) is 11.2. The van der Waals surface area contributed by atoms with Crippen LogP contribution in [0, 0.1) is 11.3 Å². The number of anilines is 1. The van der Waals surface area contributed by atoms with Crippen molar-refractivity contribution in [2.75, 3.05) is 12.8 Å². The fourth-order valence-electron chi connectivity index (χ4n) is 1.87. The van der Waals surface area contributed by atoms with E-state index in [1.54, 1.807) is 7.11 Å². The van der Waals surface area contributed by atoms with Gasteiger partial charge in [0.05, 0.1) is 12.7 Å². The highest BCUT2D eigenvalue weighted by molar-refractivity contribution is 5.68. The van der Waals surface area contributed by atoms with Gasteiger partial charge in [0.15, 0.2) is 11.5 Å². The van der Waals surface area contributed by atoms with Crippen molar-refractivity contribution in [3.05, 3.63) is 29.5 Å². The van der Waals surface area contributed by atoms with E-state index in [2.05, 4.69) is 23.8 Å². The number of benzene rings is 1. The monoisotopic (exact) mass is 256 g/mol. The lowest BCUT2D eigenvalue weighted by Gasteiger charge is -2.11. The molecule has 3 N–H and O–H groups in total. The van der Waals surface area contributed by atoms with Gasteiger partial charge in [0.25, 0.3) is 0 Å². The van der Waals surface area contributed by atoms with Crippen LogP contribution < -0.4 is 10.5 Å². The van der Waals surface area contributed by atoms with Crippen molar-refractivity contribution in [2.45, 2.75) is 19.8 Å². The van der Waals surface area contributed by atoms with Crippen molar-refractivity contribution >= 4 is 5.82 Å². The molecule has 0 saturated heterocycles. The number of methoxy groups -OCH3 is 1. The van der Waals surface area contributed by atoms with Crippen molar-refractivity contribution in [1.29, 1.82) is 5.26 Å². The van der Waals surface area contributed by atoms with Crippen LogP contribution in [-0.2, 0) is 0 Å². The lowest BCUT2D eigenvalue weighted by atomic mass is 10.00. The standard InChI is InChI=1S/C14H16N4O/c1-8(2)9-4-5-12(19-3)10(6-9)14-17-11(7-15)13(16)18-14/h4-6,8H,16H2,1-3H3,(H,17,18). The number of H-pyrrole nitrogens is 1. The highest BCUT2D eigenvalue weighted by Crippen LogP contribution is 2.32. The molecular weight excluding hydrogens is 240 g/mol. The van der Waals surface area contributed by atoms with E-state index < -0.39 is 0 Å². The number of nitrogen functional groups attached to an aromatic ring is 1. The first-order valence-corrected chi connectivity index (χ1v) is 6.00. The number of nitrogens with zero attached hydrogens (tertiary/aromatic N) is 2. The molecule has 98 valence electrons. The highest BCUT2D eigenvalue weighted by Gasteiger charge is 2.14. The predicted octanol–water partition coefficient (Wildman–Crippen LogP) is 2.66. The number of ether oxygens (including phenoxy) is 1. The third-order valence-electron chi connectivity index (χ3n) is 2.99. The average Bonchev–Trinajstić information content (AvgIpc) is 2.79. The minimum Gasteiger partial charge on any atom is -0.496 e. The van der Waals surface area contributed by atoms with Gasteiger partial charge >= 0.3 is 0 Å². The van der Waals surface area contributed by atoms with Crippen LogP contribution in [-0.4, -0.2) is 17.1 Å². The molecular formula is C14H16N4O. The van der Waals surface area contributed by atoms with E-state index >= 15 is 0 Å². The average molecular weight is 256 g/mol. The Morgan fingerprint density at radius 1 is 1.42 bits per heavy atom. The van der Waals surface area contributed by atoms with Crippen LogP contribution in [0.4, 0.5) is 5.82 Å². The molecule has 2 aromatic rings. The van der Waals surface area contributed by atoms with Gasteiger partial charge in [0.2, 0.25) is 0 Å². The minimum absolute atomic E-state index is 0.203. The summed E-state index contributed by atoms with van der Waals surface area (Å²) in [4.78, 5) is 7.09. The summed E-state index contributed by atoms with van der Waals surface area (Å²) >= 11 is 0. The highest BCUT2D eigenvalue weighted by atomic mass is 16.5. The maximum Gasteiger partial charge on any atom is 0.161 e. The molecule has 0 aliphatic rings. The molecule has 1 aromatic carbocycles. The number of hydrogen-bond donors (Lipinski definition) is 2. The quantitative estimate of drug-likeness (QED) is 0.883. The number of hydrogen-bond acceptors (Lipinski definition) is 4. The summed E-state index contributed by atoms with van der Waals surface area (Å²) in [6.45, 7) is 4.23. The molecule has 0 amide bonds. The maximum atomic E-state index is 8.92. The van der Waals surface area contributed by atoms with Crippen molar-refractivity contribution in [3.8, 4) is 23.2 Å². The van der Waals surface area contributed by atoms with E-state index in [9.17, 15) is 0 Å². The number of imidazole rings is 1. The Labute approximate surface area is 112 Å². The molecule has 19 heavy (non-hydrogen) atoms. The molecule has 0 spiro atoms. The zero-order chi connectivity index (χ0) is 14.0. The third-order valence-corrected chi connectivity index (χ3v) is 2.99. The second-order valence-electron chi connectivity index (χ2n) is 4.57. The molecule has 0 fully saturated rings. The first kappa shape index (κ1) is 13.0. The van der Waals surface area contributed by atoms with Gasteiger partial charge in [-0.1, -0.05) is 19.9 Å². The van der Waals surface area contributed by atoms with Gasteiger partial charge in [0, 0.05) is 0 Å². The SMILES string of the molecule is COc1ccc(C(C)C)cc1-c1nc(N)c(C#N)[nH]1. The smallest absolute Gasteiger partial charge is 0.161 e. The van der Waals surface area contributed by atoms with Gasteiger partial charge in [-0.15, -0.1) is 0 Å². The minimum atomic E-state index is 0.203. The topological polar surface area (TPSA) is 87.7 Å². The first-order valence-electron chi connectivity index (χ1n) is 6.00. The summed E-state index contributed by atoms with van der Waals surface area (Å²) in [7, 11) is 1.60. The lowest BCUT2D eigenvalue weighted by molar-refractivity contribution is 0.416. The molecule has 0 unspecified atom stereocenters. The van der Waals surface area contributed by atoms with Crippen LogP contribution >= 0.6 is 0 Å². The van der Waals surface area contributed by atoms with Crippen molar-refractivity contribution in [1.82, 2.24) is 9.97 Å². The fraction of sp³-hybridized carbons (Fsp3) is 0.286. The Bertz CT molecular complexity index is 637. The number of nitrogens with two attached hydrogens (primary N) is 1. The van der Waals surface area contributed by atoms with Crippen LogP contribution in [0.5, 0.6) is 5.75 Å². The summed E-state index contributed by atoms with van der Waals surface area (Å²) in [6.07, 6.45) is 0. The van der Waals surface area contributed by atoms with Gasteiger partial charge in [-0.2, -0.15) is 5.26 Å². The van der Waals surface area contributed by atoms with Crippen LogP contribution in [0.3, 0.4) is 0 Å². The van der Waals surface area contributed by atoms with E-state index in [1.165, 1.54) is 5.56 Å². The van der Waals surface area contributed by atoms with Crippen molar-refractivity contribution in [3.63, 3.8) is 0 Å². The molecule has 0 radical (unpaired) electrons. The summed E-state index contributed by atoms with van der Waals surface area (Å²) in [5, 5.41) is 8.92. The number of nitriles is 1. The Morgan fingerprint density at radius 3 is 2.68 bits per heavy atom. The Morgan fingerprint density at radius 2 is 2.16 bits per heavy atom. The summed E-state index contributed by atoms with van der Waals surface area (Å²) in [5.41, 5.74) is 7.92. The Hall–Kier alpha value is -2.48. The van der Waals surface area contributed by atoms with Gasteiger partial charge in [-0.25, -0.2) is 4.98 Å². The molecule has 0 aliphatic heterocycles. The second-order valence-corrected chi connectivity index (χ2v) is 4.57. The molecule has 1 aromatic heterocycles. The molecule has 5 heteroatoms. The van der Waals surface area contributed by atoms with Crippen LogP contribution in [0.15, 0.2) is 18.2 Å².